The van der Waals surface area contributed by atoms with Crippen LogP contribution in [0.15, 0.2) is 0 Å². The third-order valence-electron chi connectivity index (χ3n) is 1.44. The first kappa shape index (κ1) is 10.4. The average Bonchev–Trinajstić information content (AvgIpc) is 1.85. The van der Waals surface area contributed by atoms with Gasteiger partial charge in [0.25, 0.3) is 0 Å². The van der Waals surface area contributed by atoms with E-state index in [0.29, 0.717) is 6.42 Å². The van der Waals surface area contributed by atoms with Crippen LogP contribution in [0.4, 0.5) is 0 Å². The Balaban J connectivity index is 3.35. The summed E-state index contributed by atoms with van der Waals surface area (Å²) in [6.07, 6.45) is 1.43. The molecule has 0 saturated carbocycles. The second-order valence-corrected chi connectivity index (χ2v) is 3.69. The maximum Gasteiger partial charge on any atom is 0.305 e. The predicted octanol–water partition coefficient (Wildman–Crippen LogP) is 0.646. The van der Waals surface area contributed by atoms with Crippen LogP contribution in [-0.2, 0) is 9.53 Å². The summed E-state index contributed by atoms with van der Waals surface area (Å²) in [6, 6.07) is 0. The zero-order valence-corrected chi connectivity index (χ0v) is 7.89. The summed E-state index contributed by atoms with van der Waals surface area (Å²) in [4.78, 5) is 10.7. The van der Waals surface area contributed by atoms with Gasteiger partial charge in [-0.15, -0.1) is 0 Å². The van der Waals surface area contributed by atoms with E-state index in [0.717, 1.165) is 17.4 Å². The number of carbonyl (C=O) groups is 1. The molecule has 0 rings (SSSR count). The summed E-state index contributed by atoms with van der Waals surface area (Å²) in [6.45, 7) is 1.01. The number of nitrogens with zero attached hydrogens (tertiary/aromatic N) is 1. The van der Waals surface area contributed by atoms with Gasteiger partial charge in [-0.2, -0.15) is 0 Å². The Bertz CT molecular complexity index is 127. The normalized spacial score (nSPS) is 11.3. The molecule has 66 valence electrons. The molecule has 3 nitrogen and oxygen atoms in total. The van der Waals surface area contributed by atoms with Gasteiger partial charge in [0.1, 0.15) is 0 Å². The number of esters is 1. The van der Waals surface area contributed by atoms with Crippen LogP contribution in [0.1, 0.15) is 12.8 Å². The van der Waals surface area contributed by atoms with Gasteiger partial charge in [0.15, 0.2) is 0 Å². The van der Waals surface area contributed by atoms with Gasteiger partial charge in [-0.3, -0.25) is 4.79 Å². The van der Waals surface area contributed by atoms with E-state index in [-0.39, 0.29) is 5.97 Å². The summed E-state index contributed by atoms with van der Waals surface area (Å²) in [7, 11) is 7.75. The van der Waals surface area contributed by atoms with Crippen LogP contribution in [0, 0.1) is 0 Å². The van der Waals surface area contributed by atoms with Crippen LogP contribution >= 0.6 is 0 Å². The fourth-order valence-electron chi connectivity index (χ4n) is 0.800. The lowest BCUT2D eigenvalue weighted by Gasteiger charge is -2.23. The van der Waals surface area contributed by atoms with Gasteiger partial charge < -0.3 is 9.22 Å². The van der Waals surface area contributed by atoms with Gasteiger partial charge in [0.05, 0.1) is 41.2 Å². The minimum Gasteiger partial charge on any atom is -0.469 e. The molecule has 0 saturated heterocycles. The van der Waals surface area contributed by atoms with Crippen molar-refractivity contribution in [1.29, 1.82) is 0 Å². The number of methoxy groups -OCH3 is 1. The summed E-state index contributed by atoms with van der Waals surface area (Å²) in [5.41, 5.74) is 0. The third-order valence-corrected chi connectivity index (χ3v) is 1.44. The van der Waals surface area contributed by atoms with Gasteiger partial charge in [-0.05, 0) is 0 Å². The molecule has 0 bridgehead atoms. The summed E-state index contributed by atoms with van der Waals surface area (Å²) < 4.78 is 5.42. The van der Waals surface area contributed by atoms with Crippen LogP contribution in [0.2, 0.25) is 0 Å². The van der Waals surface area contributed by atoms with Crippen molar-refractivity contribution >= 4 is 5.97 Å². The molecule has 0 aromatic heterocycles. The first-order chi connectivity index (χ1) is 4.95. The van der Waals surface area contributed by atoms with Crippen LogP contribution < -0.4 is 0 Å². The second-order valence-electron chi connectivity index (χ2n) is 3.69. The lowest BCUT2D eigenvalue weighted by atomic mass is 10.3. The molecule has 0 aliphatic rings. The smallest absolute Gasteiger partial charge is 0.305 e. The van der Waals surface area contributed by atoms with E-state index in [1.165, 1.54) is 7.11 Å². The van der Waals surface area contributed by atoms with Crippen molar-refractivity contribution in [3.63, 3.8) is 0 Å². The molecule has 0 aromatic rings. The molecule has 0 N–H and O–H groups in total. The van der Waals surface area contributed by atoms with E-state index in [9.17, 15) is 4.79 Å². The van der Waals surface area contributed by atoms with E-state index in [2.05, 4.69) is 25.9 Å². The molecule has 0 radical (unpaired) electrons. The zero-order chi connectivity index (χ0) is 8.91. The molecule has 11 heavy (non-hydrogen) atoms. The van der Waals surface area contributed by atoms with E-state index in [1.54, 1.807) is 0 Å². The van der Waals surface area contributed by atoms with Crippen molar-refractivity contribution < 1.29 is 14.0 Å². The van der Waals surface area contributed by atoms with Crippen molar-refractivity contribution in [2.75, 3.05) is 34.8 Å². The van der Waals surface area contributed by atoms with E-state index >= 15 is 0 Å². The van der Waals surface area contributed by atoms with Crippen LogP contribution in [-0.4, -0.2) is 45.2 Å². The Morgan fingerprint density at radius 3 is 2.27 bits per heavy atom. The standard InChI is InChI=1S/C8H18NO2/c1-9(2,3)7-5-6-8(10)11-4/h5-7H2,1-4H3/q+1. The summed E-state index contributed by atoms with van der Waals surface area (Å²) >= 11 is 0. The van der Waals surface area contributed by atoms with Crippen molar-refractivity contribution in [1.82, 2.24) is 0 Å². The fourth-order valence-corrected chi connectivity index (χ4v) is 0.800. The quantitative estimate of drug-likeness (QED) is 0.446. The van der Waals surface area contributed by atoms with Crippen molar-refractivity contribution in [3.05, 3.63) is 0 Å². The number of rotatable bonds is 4. The molecule has 0 aromatic carbocycles. The highest BCUT2D eigenvalue weighted by molar-refractivity contribution is 5.68. The zero-order valence-electron chi connectivity index (χ0n) is 7.89. The highest BCUT2D eigenvalue weighted by Gasteiger charge is 2.08. The SMILES string of the molecule is COC(=O)CCC[N+](C)(C)C. The molecule has 0 unspecified atom stereocenters. The van der Waals surface area contributed by atoms with E-state index in [4.69, 9.17) is 0 Å². The van der Waals surface area contributed by atoms with Crippen LogP contribution in [0.5, 0.6) is 0 Å². The highest BCUT2D eigenvalue weighted by Crippen LogP contribution is 1.97. The second kappa shape index (κ2) is 4.34. The lowest BCUT2D eigenvalue weighted by molar-refractivity contribution is -0.870. The summed E-state index contributed by atoms with van der Waals surface area (Å²) in [5, 5.41) is 0. The molecule has 0 fully saturated rings. The van der Waals surface area contributed by atoms with Crippen LogP contribution in [0.3, 0.4) is 0 Å². The average molecular weight is 160 g/mol. The maximum atomic E-state index is 10.7. The first-order valence-corrected chi connectivity index (χ1v) is 3.83. The van der Waals surface area contributed by atoms with Crippen molar-refractivity contribution in [2.24, 2.45) is 0 Å². The molecule has 0 amide bonds. The number of quaternary nitrogens is 1. The number of ether oxygens (including phenoxy) is 1. The molecule has 3 heteroatoms. The minimum atomic E-state index is -0.113. The van der Waals surface area contributed by atoms with Gasteiger partial charge in [-0.1, -0.05) is 0 Å². The largest absolute Gasteiger partial charge is 0.469 e. The van der Waals surface area contributed by atoms with E-state index < -0.39 is 0 Å². The van der Waals surface area contributed by atoms with Gasteiger partial charge >= 0.3 is 5.97 Å². The summed E-state index contributed by atoms with van der Waals surface area (Å²) in [5.74, 6) is -0.113. The molecule has 0 atom stereocenters. The molecular weight excluding hydrogens is 142 g/mol. The molecule has 0 aliphatic carbocycles. The Kier molecular flexibility index (Phi) is 4.11. The molecular formula is C8H18NO2+. The van der Waals surface area contributed by atoms with Gasteiger partial charge in [0.2, 0.25) is 0 Å². The Labute approximate surface area is 68.5 Å². The van der Waals surface area contributed by atoms with Gasteiger partial charge in [0, 0.05) is 6.42 Å². The van der Waals surface area contributed by atoms with Gasteiger partial charge in [-0.25, -0.2) is 0 Å². The Morgan fingerprint density at radius 1 is 1.36 bits per heavy atom. The molecule has 0 spiro atoms. The number of hydrogen-bond donors (Lipinski definition) is 0. The van der Waals surface area contributed by atoms with Crippen LogP contribution in [0.25, 0.3) is 0 Å². The van der Waals surface area contributed by atoms with E-state index in [1.807, 2.05) is 0 Å². The molecule has 0 aliphatic heterocycles. The first-order valence-electron chi connectivity index (χ1n) is 3.83. The minimum absolute atomic E-state index is 0.113. The highest BCUT2D eigenvalue weighted by atomic mass is 16.5. The fraction of sp³-hybridized carbons (Fsp3) is 0.875. The monoisotopic (exact) mass is 160 g/mol. The number of hydrogen-bond acceptors (Lipinski definition) is 2. The Morgan fingerprint density at radius 2 is 1.91 bits per heavy atom. The van der Waals surface area contributed by atoms with Crippen molar-refractivity contribution in [2.45, 2.75) is 12.8 Å². The molecule has 0 heterocycles. The third kappa shape index (κ3) is 7.33. The predicted molar refractivity (Wildman–Crippen MR) is 44.1 cm³/mol. The lowest BCUT2D eigenvalue weighted by Crippen LogP contribution is -2.35. The Hall–Kier alpha value is -0.570. The van der Waals surface area contributed by atoms with Crippen molar-refractivity contribution in [3.8, 4) is 0 Å². The topological polar surface area (TPSA) is 26.3 Å². The number of carbonyl (C=O) groups excluding carboxylic acids is 1. The maximum absolute atomic E-state index is 10.7.